The van der Waals surface area contributed by atoms with Crippen LogP contribution in [0.2, 0.25) is 10.6 Å². The van der Waals surface area contributed by atoms with Crippen molar-refractivity contribution in [2.45, 2.75) is 24.5 Å². The summed E-state index contributed by atoms with van der Waals surface area (Å²) in [5, 5.41) is 25.0. The minimum Gasteiger partial charge on any atom is -0.744 e. The van der Waals surface area contributed by atoms with Gasteiger partial charge in [-0.25, -0.2) is 42.1 Å². The third-order valence-corrected chi connectivity index (χ3v) is 11.6. The van der Waals surface area contributed by atoms with Crippen LogP contribution in [0.5, 0.6) is 5.75 Å². The van der Waals surface area contributed by atoms with Crippen LogP contribution >= 0.6 is 23.2 Å². The van der Waals surface area contributed by atoms with E-state index in [-0.39, 0.29) is 176 Å². The molecule has 25 nitrogen and oxygen atoms in total. The van der Waals surface area contributed by atoms with Crippen molar-refractivity contribution < 1.29 is 218 Å². The predicted octanol–water partition coefficient (Wildman–Crippen LogP) is -12.3. The number of hydrogen-bond donors (Lipinski definition) is 3. The topological polar surface area (TPSA) is 432 Å². The number of nitrogen functional groups attached to an aromatic ring is 1. The fourth-order valence-electron chi connectivity index (χ4n) is 4.64. The van der Waals surface area contributed by atoms with E-state index in [1.807, 2.05) is 0 Å². The van der Waals surface area contributed by atoms with E-state index in [4.69, 9.17) is 28.9 Å². The third kappa shape index (κ3) is 14.9. The average molecular weight is 1040 g/mol. The Labute approximate surface area is 470 Å². The van der Waals surface area contributed by atoms with Crippen molar-refractivity contribution in [1.29, 1.82) is 0 Å². The number of fused-ring (bicyclic) bond motifs is 1. The number of azo groups is 2. The summed E-state index contributed by atoms with van der Waals surface area (Å²) in [4.78, 5) is 4.43. The number of aromatic nitrogens is 3. The van der Waals surface area contributed by atoms with Gasteiger partial charge < -0.3 is 38.9 Å². The zero-order valence-corrected chi connectivity index (χ0v) is 47.3. The monoisotopic (exact) mass is 1040 g/mol. The van der Waals surface area contributed by atoms with Crippen LogP contribution in [-0.2, 0) is 50.6 Å². The molecule has 62 heavy (non-hydrogen) atoms. The first-order valence-corrected chi connectivity index (χ1v) is 21.7. The van der Waals surface area contributed by atoms with Gasteiger partial charge >= 0.3 is 148 Å². The van der Waals surface area contributed by atoms with Gasteiger partial charge in [0.15, 0.2) is 5.75 Å². The molecular formula is C25H12Cl2N9Na5O16S5. The van der Waals surface area contributed by atoms with Crippen LogP contribution in [0, 0.1) is 0 Å². The SMILES string of the molecule is Nc1c(N=Nc2cc(S(=O)(=O)[O-])ccc2S(=O)(=O)[O-])c(S(=O)(=O)[O-])cc2cc(S(=O)(=O)[O-])c(N=Nc3cc(Nc4nc(Cl)nc(Cl)n4)ccc3S(=O)(=O)[O-])c(O)c12.[Na+].[Na+].[Na+].[Na+].[Na+]. The Balaban J connectivity index is 0.00000744. The Hall–Kier alpha value is -0.120. The molecule has 302 valence electrons. The number of phenolic OH excluding ortho intramolecular Hbond substituents is 1. The molecule has 0 fully saturated rings. The van der Waals surface area contributed by atoms with E-state index in [1.165, 1.54) is 0 Å². The molecule has 0 spiro atoms. The van der Waals surface area contributed by atoms with Crippen molar-refractivity contribution in [3.63, 3.8) is 0 Å². The molecule has 37 heteroatoms. The maximum atomic E-state index is 12.4. The average Bonchev–Trinajstić information content (AvgIpc) is 3.04. The Bertz CT molecular complexity index is 3190. The van der Waals surface area contributed by atoms with E-state index in [9.17, 15) is 70.0 Å². The molecule has 4 N–H and O–H groups in total. The van der Waals surface area contributed by atoms with Crippen molar-refractivity contribution in [2.24, 2.45) is 20.5 Å². The number of halogens is 2. The summed E-state index contributed by atoms with van der Waals surface area (Å²) in [7, 11) is -27.8. The van der Waals surface area contributed by atoms with Crippen molar-refractivity contribution in [3.05, 3.63) is 59.1 Å². The number of nitrogens with two attached hydrogens (primary N) is 1. The molecule has 0 unspecified atom stereocenters. The number of phenols is 1. The zero-order valence-electron chi connectivity index (χ0n) is 31.7. The molecule has 4 aromatic carbocycles. The molecule has 1 aromatic heterocycles. The van der Waals surface area contributed by atoms with Gasteiger partial charge in [-0.05, 0) is 77.1 Å². The normalized spacial score (nSPS) is 12.1. The van der Waals surface area contributed by atoms with E-state index in [0.29, 0.717) is 30.3 Å². The number of benzene rings is 4. The van der Waals surface area contributed by atoms with Gasteiger partial charge in [-0.15, -0.1) is 20.5 Å². The van der Waals surface area contributed by atoms with E-state index < -0.39 is 120 Å². The number of anilines is 3. The number of nitrogens with zero attached hydrogens (tertiary/aromatic N) is 7. The summed E-state index contributed by atoms with van der Waals surface area (Å²) in [5.41, 5.74) is 0.0993. The summed E-state index contributed by atoms with van der Waals surface area (Å²) < 4.78 is 180. The number of aromatic hydroxyl groups is 1. The summed E-state index contributed by atoms with van der Waals surface area (Å²) in [6, 6.07) is 4.18. The van der Waals surface area contributed by atoms with Gasteiger partial charge in [-0.1, -0.05) is 0 Å². The first-order valence-electron chi connectivity index (χ1n) is 13.9. The number of nitrogens with one attached hydrogen (secondary N) is 1. The molecule has 5 aromatic rings. The van der Waals surface area contributed by atoms with Crippen molar-refractivity contribution in [2.75, 3.05) is 11.1 Å². The summed E-state index contributed by atoms with van der Waals surface area (Å²) in [6.45, 7) is 0. The van der Waals surface area contributed by atoms with Crippen molar-refractivity contribution in [3.8, 4) is 5.75 Å². The van der Waals surface area contributed by atoms with E-state index in [2.05, 4.69) is 40.7 Å². The van der Waals surface area contributed by atoms with Gasteiger partial charge in [-0.3, -0.25) is 0 Å². The first kappa shape index (κ1) is 61.9. The molecule has 0 atom stereocenters. The maximum Gasteiger partial charge on any atom is 1.00 e. The molecule has 0 aliphatic heterocycles. The van der Waals surface area contributed by atoms with Crippen LogP contribution in [0.25, 0.3) is 10.8 Å². The Kier molecular flexibility index (Phi) is 23.2. The third-order valence-electron chi connectivity index (χ3n) is 6.92. The van der Waals surface area contributed by atoms with E-state index >= 15 is 0 Å². The standard InChI is InChI=1S/C25H17Cl2N9O16S5.5Na/c26-23-30-24(27)32-25(31-23)29-10-1-3-14(54(41,42)43)12(7-10)33-36-21-17(57(50,51)52)6-9-5-16(56(47,48)49)20(19(28)18(9)22(21)37)35-34-13-8-11(53(38,39)40)2-4-15(13)55(44,45)46;;;;;/h1-8,37H,28H2,(H,38,39,40)(H,41,42,43)(H,44,45,46)(H,47,48,49)(H,50,51,52)(H,29,30,31,32);;;;;/q;5*+1/p-5. The summed E-state index contributed by atoms with van der Waals surface area (Å²) in [6.07, 6.45) is 0. The van der Waals surface area contributed by atoms with Crippen LogP contribution in [0.4, 0.5) is 40.1 Å². The quantitative estimate of drug-likeness (QED) is 0.0478. The molecule has 0 saturated heterocycles. The smallest absolute Gasteiger partial charge is 0.744 e. The summed E-state index contributed by atoms with van der Waals surface area (Å²) in [5.74, 6) is -1.77. The number of hydrogen-bond acceptors (Lipinski definition) is 25. The fraction of sp³-hybridized carbons (Fsp3) is 0. The fourth-order valence-corrected chi connectivity index (χ4v) is 7.98. The molecule has 0 aliphatic rings. The van der Waals surface area contributed by atoms with E-state index in [1.54, 1.807) is 0 Å². The molecular weight excluding hydrogens is 1030 g/mol. The van der Waals surface area contributed by atoms with E-state index in [0.717, 1.165) is 12.1 Å². The van der Waals surface area contributed by atoms with Crippen LogP contribution in [0.3, 0.4) is 0 Å². The molecule has 5 rings (SSSR count). The van der Waals surface area contributed by atoms with Crippen LogP contribution in [0.15, 0.2) is 93.5 Å². The molecule has 1 heterocycles. The van der Waals surface area contributed by atoms with Gasteiger partial charge in [0.1, 0.15) is 73.3 Å². The Morgan fingerprint density at radius 1 is 0.548 bits per heavy atom. The maximum absolute atomic E-state index is 12.4. The summed E-state index contributed by atoms with van der Waals surface area (Å²) >= 11 is 11.5. The second kappa shape index (κ2) is 23.3. The van der Waals surface area contributed by atoms with Crippen molar-refractivity contribution in [1.82, 2.24) is 15.0 Å². The second-order valence-corrected chi connectivity index (χ2v) is 18.1. The van der Waals surface area contributed by atoms with Gasteiger partial charge in [0.05, 0.1) is 35.6 Å². The largest absolute Gasteiger partial charge is 1.00 e. The predicted molar refractivity (Wildman–Crippen MR) is 184 cm³/mol. The second-order valence-electron chi connectivity index (χ2n) is 10.6. The van der Waals surface area contributed by atoms with Crippen LogP contribution in [0.1, 0.15) is 0 Å². The first-order chi connectivity index (χ1) is 26.1. The minimum absolute atomic E-state index is 0. The van der Waals surface area contributed by atoms with Gasteiger partial charge in [0.25, 0.3) is 0 Å². The molecule has 0 amide bonds. The Morgan fingerprint density at radius 3 is 1.42 bits per heavy atom. The molecule has 0 saturated carbocycles. The van der Waals surface area contributed by atoms with Gasteiger partial charge in [0.2, 0.25) is 16.5 Å². The zero-order chi connectivity index (χ0) is 42.6. The number of rotatable bonds is 11. The minimum atomic E-state index is -5.77. The van der Waals surface area contributed by atoms with Gasteiger partial charge in [0, 0.05) is 5.69 Å². The van der Waals surface area contributed by atoms with Crippen molar-refractivity contribution >= 4 is 125 Å². The Morgan fingerprint density at radius 2 is 0.968 bits per heavy atom. The van der Waals surface area contributed by atoms with Gasteiger partial charge in [-0.2, -0.15) is 15.0 Å². The molecule has 0 aliphatic carbocycles. The molecule has 0 radical (unpaired) electrons. The van der Waals surface area contributed by atoms with Crippen LogP contribution in [-0.4, -0.2) is 84.9 Å². The van der Waals surface area contributed by atoms with Crippen LogP contribution < -0.4 is 159 Å². The molecule has 0 bridgehead atoms.